The minimum absolute atomic E-state index is 0.192. The van der Waals surface area contributed by atoms with Gasteiger partial charge in [-0.2, -0.15) is 4.98 Å². The van der Waals surface area contributed by atoms with Crippen LogP contribution in [0.25, 0.3) is 28.7 Å². The molecule has 3 heterocycles. The number of rotatable bonds is 5. The zero-order valence-electron chi connectivity index (χ0n) is 16.7. The number of aromatic nitrogens is 5. The minimum Gasteiger partial charge on any atom is -0.495 e. The molecule has 0 bridgehead atoms. The van der Waals surface area contributed by atoms with Crippen LogP contribution >= 0.6 is 11.6 Å². The van der Waals surface area contributed by atoms with Gasteiger partial charge in [-0.1, -0.05) is 22.0 Å². The lowest BCUT2D eigenvalue weighted by molar-refractivity contribution is 0.174. The highest BCUT2D eigenvalue weighted by atomic mass is 35.5. The molecule has 0 saturated carbocycles. The van der Waals surface area contributed by atoms with Crippen LogP contribution in [0.2, 0.25) is 5.02 Å². The van der Waals surface area contributed by atoms with Crippen molar-refractivity contribution in [3.05, 3.63) is 41.0 Å². The Kier molecular flexibility index (Phi) is 4.63. The van der Waals surface area contributed by atoms with Crippen LogP contribution in [0.3, 0.4) is 0 Å². The molecule has 5 rings (SSSR count). The summed E-state index contributed by atoms with van der Waals surface area (Å²) in [7, 11) is 3.08. The van der Waals surface area contributed by atoms with Crippen molar-refractivity contribution in [1.82, 2.24) is 25.1 Å². The fraction of sp³-hybridized carbons (Fsp3) is 0.200. The zero-order chi connectivity index (χ0) is 21.5. The lowest BCUT2D eigenvalue weighted by Crippen LogP contribution is -2.03. The number of fused-ring (bicyclic) bond motifs is 1. The van der Waals surface area contributed by atoms with Gasteiger partial charge in [0.15, 0.2) is 17.2 Å². The van der Waals surface area contributed by atoms with Gasteiger partial charge in [-0.3, -0.25) is 0 Å². The third-order valence-electron chi connectivity index (χ3n) is 4.84. The van der Waals surface area contributed by atoms with Gasteiger partial charge in [0.2, 0.25) is 12.6 Å². The average Bonchev–Trinajstić information content (AvgIpc) is 3.52. The molecule has 0 unspecified atom stereocenters. The van der Waals surface area contributed by atoms with Crippen LogP contribution in [-0.4, -0.2) is 46.1 Å². The molecule has 158 valence electrons. The van der Waals surface area contributed by atoms with Crippen molar-refractivity contribution in [2.45, 2.75) is 6.92 Å². The Hall–Kier alpha value is -3.79. The second-order valence-electron chi connectivity index (χ2n) is 6.59. The number of methoxy groups -OCH3 is 2. The molecule has 4 aromatic rings. The topological polar surface area (TPSA) is 107 Å². The van der Waals surface area contributed by atoms with Crippen LogP contribution in [-0.2, 0) is 0 Å². The Morgan fingerprint density at radius 2 is 1.84 bits per heavy atom. The predicted octanol–water partition coefficient (Wildman–Crippen LogP) is 3.69. The van der Waals surface area contributed by atoms with Gasteiger partial charge in [0.25, 0.3) is 5.89 Å². The highest BCUT2D eigenvalue weighted by molar-refractivity contribution is 6.32. The first kappa shape index (κ1) is 19.2. The highest BCUT2D eigenvalue weighted by Gasteiger charge is 2.22. The summed E-state index contributed by atoms with van der Waals surface area (Å²) >= 11 is 6.29. The van der Waals surface area contributed by atoms with Crippen LogP contribution in [0.15, 0.2) is 34.9 Å². The highest BCUT2D eigenvalue weighted by Crippen LogP contribution is 2.37. The molecular formula is C20H16ClN5O5. The molecule has 0 saturated heterocycles. The lowest BCUT2D eigenvalue weighted by atomic mass is 10.2. The summed E-state index contributed by atoms with van der Waals surface area (Å²) in [5.41, 5.74) is 2.43. The fourth-order valence-electron chi connectivity index (χ4n) is 3.24. The van der Waals surface area contributed by atoms with Crippen LogP contribution in [0.1, 0.15) is 5.69 Å². The van der Waals surface area contributed by atoms with E-state index < -0.39 is 0 Å². The third kappa shape index (κ3) is 3.21. The van der Waals surface area contributed by atoms with Gasteiger partial charge in [-0.15, -0.1) is 5.10 Å². The number of hydrogen-bond donors (Lipinski definition) is 0. The summed E-state index contributed by atoms with van der Waals surface area (Å²) in [4.78, 5) is 4.46. The molecule has 0 aliphatic carbocycles. The van der Waals surface area contributed by atoms with Crippen molar-refractivity contribution >= 4 is 11.6 Å². The molecule has 2 aromatic heterocycles. The van der Waals surface area contributed by atoms with Crippen LogP contribution in [0, 0.1) is 6.92 Å². The van der Waals surface area contributed by atoms with Crippen LogP contribution < -0.4 is 18.9 Å². The summed E-state index contributed by atoms with van der Waals surface area (Å²) in [5.74, 6) is 2.95. The lowest BCUT2D eigenvalue weighted by Gasteiger charge is -2.12. The normalized spacial score (nSPS) is 12.3. The average molecular weight is 442 g/mol. The van der Waals surface area contributed by atoms with Gasteiger partial charge in [0.1, 0.15) is 17.2 Å². The van der Waals surface area contributed by atoms with Crippen molar-refractivity contribution < 1.29 is 23.5 Å². The quantitative estimate of drug-likeness (QED) is 0.458. The van der Waals surface area contributed by atoms with Gasteiger partial charge < -0.3 is 23.5 Å². The SMILES string of the molecule is COc1cc(OC)c(-n2nnc(-c3nc(-c4ccc5c(c4)OCO5)no3)c2C)cc1Cl. The molecule has 11 heteroatoms. The van der Waals surface area contributed by atoms with E-state index in [2.05, 4.69) is 20.5 Å². The molecule has 2 aromatic carbocycles. The van der Waals surface area contributed by atoms with Gasteiger partial charge >= 0.3 is 0 Å². The van der Waals surface area contributed by atoms with Gasteiger partial charge in [0.05, 0.1) is 24.9 Å². The fourth-order valence-corrected chi connectivity index (χ4v) is 3.47. The maximum Gasteiger partial charge on any atom is 0.280 e. The molecule has 10 nitrogen and oxygen atoms in total. The Labute approximate surface area is 181 Å². The van der Waals surface area contributed by atoms with E-state index in [-0.39, 0.29) is 12.7 Å². The Balaban J connectivity index is 1.51. The van der Waals surface area contributed by atoms with E-state index in [1.165, 1.54) is 7.11 Å². The summed E-state index contributed by atoms with van der Waals surface area (Å²) in [6, 6.07) is 8.80. The number of halogens is 1. The van der Waals surface area contributed by atoms with E-state index in [1.54, 1.807) is 36.1 Å². The molecule has 1 aliphatic rings. The maximum absolute atomic E-state index is 6.29. The summed E-state index contributed by atoms with van der Waals surface area (Å²) in [6.07, 6.45) is 0. The Morgan fingerprint density at radius 1 is 1.03 bits per heavy atom. The summed E-state index contributed by atoms with van der Waals surface area (Å²) < 4.78 is 28.5. The van der Waals surface area contributed by atoms with E-state index in [9.17, 15) is 0 Å². The molecule has 0 radical (unpaired) electrons. The Morgan fingerprint density at radius 3 is 2.65 bits per heavy atom. The van der Waals surface area contributed by atoms with E-state index >= 15 is 0 Å². The molecule has 31 heavy (non-hydrogen) atoms. The molecular weight excluding hydrogens is 426 g/mol. The van der Waals surface area contributed by atoms with Crippen molar-refractivity contribution in [1.29, 1.82) is 0 Å². The number of benzene rings is 2. The van der Waals surface area contributed by atoms with Crippen molar-refractivity contribution in [3.8, 4) is 51.7 Å². The standard InChI is InChI=1S/C20H16ClN5O5/c1-10-18(23-25-26(10)13-7-12(21)15(27-2)8-16(13)28-3)20-22-19(24-31-20)11-4-5-14-17(6-11)30-9-29-14/h4-8H,9H2,1-3H3. The monoisotopic (exact) mass is 441 g/mol. The Bertz CT molecular complexity index is 1290. The second kappa shape index (κ2) is 7.47. The molecule has 0 fully saturated rings. The largest absolute Gasteiger partial charge is 0.495 e. The molecule has 0 spiro atoms. The first-order chi connectivity index (χ1) is 15.1. The number of ether oxygens (including phenoxy) is 4. The molecule has 0 N–H and O–H groups in total. The van der Waals surface area contributed by atoms with E-state index in [1.807, 2.05) is 13.0 Å². The number of hydrogen-bond acceptors (Lipinski definition) is 9. The molecule has 0 amide bonds. The second-order valence-corrected chi connectivity index (χ2v) is 6.99. The van der Waals surface area contributed by atoms with Crippen LogP contribution in [0.5, 0.6) is 23.0 Å². The van der Waals surface area contributed by atoms with E-state index in [0.29, 0.717) is 50.9 Å². The van der Waals surface area contributed by atoms with Gasteiger partial charge in [-0.25, -0.2) is 4.68 Å². The number of nitrogens with zero attached hydrogens (tertiary/aromatic N) is 5. The zero-order valence-corrected chi connectivity index (χ0v) is 17.5. The van der Waals surface area contributed by atoms with Crippen molar-refractivity contribution in [2.75, 3.05) is 21.0 Å². The summed E-state index contributed by atoms with van der Waals surface area (Å²) in [5, 5.41) is 12.9. The summed E-state index contributed by atoms with van der Waals surface area (Å²) in [6.45, 7) is 2.02. The van der Waals surface area contributed by atoms with Crippen molar-refractivity contribution in [2.24, 2.45) is 0 Å². The minimum atomic E-state index is 0.192. The van der Waals surface area contributed by atoms with E-state index in [0.717, 1.165) is 5.56 Å². The van der Waals surface area contributed by atoms with Crippen LogP contribution in [0.4, 0.5) is 0 Å². The van der Waals surface area contributed by atoms with Gasteiger partial charge in [0, 0.05) is 11.6 Å². The smallest absolute Gasteiger partial charge is 0.280 e. The first-order valence-electron chi connectivity index (χ1n) is 9.17. The molecule has 0 atom stereocenters. The van der Waals surface area contributed by atoms with E-state index in [4.69, 9.17) is 35.1 Å². The first-order valence-corrected chi connectivity index (χ1v) is 9.55. The third-order valence-corrected chi connectivity index (χ3v) is 5.13. The predicted molar refractivity (Wildman–Crippen MR) is 109 cm³/mol. The van der Waals surface area contributed by atoms with Gasteiger partial charge in [-0.05, 0) is 31.2 Å². The molecule has 1 aliphatic heterocycles. The maximum atomic E-state index is 6.29. The van der Waals surface area contributed by atoms with Crippen molar-refractivity contribution in [3.63, 3.8) is 0 Å².